The molecule has 2 aliphatic heterocycles. The fourth-order valence-corrected chi connectivity index (χ4v) is 5.43. The lowest BCUT2D eigenvalue weighted by molar-refractivity contribution is -0.383. The lowest BCUT2D eigenvalue weighted by Gasteiger charge is -2.44. The summed E-state index contributed by atoms with van der Waals surface area (Å²) in [6.07, 6.45) is 1.23. The van der Waals surface area contributed by atoms with E-state index in [0.29, 0.717) is 18.0 Å². The topological polar surface area (TPSA) is 147 Å². The van der Waals surface area contributed by atoms with Gasteiger partial charge in [0, 0.05) is 50.9 Å². The summed E-state index contributed by atoms with van der Waals surface area (Å²) < 4.78 is 16.5. The molecule has 222 valence electrons. The van der Waals surface area contributed by atoms with Gasteiger partial charge < -0.3 is 34.6 Å². The van der Waals surface area contributed by atoms with Crippen LogP contribution in [0, 0.1) is 10.1 Å². The zero-order chi connectivity index (χ0) is 30.1. The normalized spacial score (nSPS) is 16.0. The van der Waals surface area contributed by atoms with Crippen LogP contribution in [-0.2, 0) is 0 Å². The Labute approximate surface area is 251 Å². The summed E-state index contributed by atoms with van der Waals surface area (Å²) in [6, 6.07) is 5.57. The number of aromatic nitrogens is 2. The molecule has 0 bridgehead atoms. The monoisotopic (exact) mass is 618 g/mol. The molecule has 1 fully saturated rings. The van der Waals surface area contributed by atoms with Crippen molar-refractivity contribution in [2.24, 2.45) is 0 Å². The van der Waals surface area contributed by atoms with Crippen molar-refractivity contribution in [3.05, 3.63) is 50.8 Å². The van der Waals surface area contributed by atoms with E-state index >= 15 is 0 Å². The van der Waals surface area contributed by atoms with Crippen LogP contribution in [-0.4, -0.2) is 86.4 Å². The lowest BCUT2D eigenvalue weighted by Crippen LogP contribution is -2.56. The summed E-state index contributed by atoms with van der Waals surface area (Å²) in [5, 5.41) is 17.9. The molecule has 0 radical (unpaired) electrons. The lowest BCUT2D eigenvalue weighted by atomic mass is 10.1. The van der Waals surface area contributed by atoms with E-state index in [-0.39, 0.29) is 56.3 Å². The number of likely N-dealkylation sites (N-methyl/N-ethyl adjacent to an activating group) is 1. The van der Waals surface area contributed by atoms with Crippen molar-refractivity contribution in [3.8, 4) is 17.2 Å². The number of hydrogen-bond donors (Lipinski definition) is 2. The second kappa shape index (κ2) is 11.9. The van der Waals surface area contributed by atoms with Gasteiger partial charge in [0.25, 0.3) is 5.69 Å². The van der Waals surface area contributed by atoms with Gasteiger partial charge in [0.15, 0.2) is 0 Å². The molecule has 3 aromatic rings. The van der Waals surface area contributed by atoms with E-state index < -0.39 is 11.0 Å². The SMILES string of the molecule is COc1cc(OC)c(Cl)c(NC(=O)N(C)c2cc(Nc3cc4c(cc3[N+](=O)[O-])N3CCN(C)C[C@H]3CO4)ncn2)c1Cl. The second-order valence-electron chi connectivity index (χ2n) is 9.67. The van der Waals surface area contributed by atoms with Gasteiger partial charge in [0.1, 0.15) is 57.6 Å². The summed E-state index contributed by atoms with van der Waals surface area (Å²) in [7, 11) is 6.36. The summed E-state index contributed by atoms with van der Waals surface area (Å²) in [6.45, 7) is 2.86. The Morgan fingerprint density at radius 3 is 2.52 bits per heavy atom. The number of anilines is 5. The van der Waals surface area contributed by atoms with Gasteiger partial charge in [0.05, 0.1) is 36.6 Å². The number of nitrogens with zero attached hydrogens (tertiary/aromatic N) is 6. The maximum Gasteiger partial charge on any atom is 0.327 e. The van der Waals surface area contributed by atoms with Gasteiger partial charge in [-0.2, -0.15) is 0 Å². The third-order valence-corrected chi connectivity index (χ3v) is 7.82. The van der Waals surface area contributed by atoms with Crippen LogP contribution in [0.5, 0.6) is 17.2 Å². The number of hydrogen-bond acceptors (Lipinski definition) is 11. The molecular formula is C26H28Cl2N8O6. The highest BCUT2D eigenvalue weighted by Crippen LogP contribution is 2.45. The highest BCUT2D eigenvalue weighted by Gasteiger charge is 2.34. The molecule has 2 aromatic carbocycles. The first-order valence-electron chi connectivity index (χ1n) is 12.8. The Balaban J connectivity index is 1.39. The molecule has 16 heteroatoms. The van der Waals surface area contributed by atoms with Crippen molar-refractivity contribution in [2.45, 2.75) is 6.04 Å². The van der Waals surface area contributed by atoms with Crippen molar-refractivity contribution in [1.82, 2.24) is 14.9 Å². The molecule has 14 nitrogen and oxygen atoms in total. The molecule has 1 atom stereocenters. The van der Waals surface area contributed by atoms with Gasteiger partial charge >= 0.3 is 6.03 Å². The second-order valence-corrected chi connectivity index (χ2v) is 10.4. The quantitative estimate of drug-likeness (QED) is 0.282. The van der Waals surface area contributed by atoms with Gasteiger partial charge in [-0.1, -0.05) is 23.2 Å². The number of halogens is 2. The molecule has 0 unspecified atom stereocenters. The fraction of sp³-hybridized carbons (Fsp3) is 0.346. The third kappa shape index (κ3) is 5.60. The van der Waals surface area contributed by atoms with E-state index in [9.17, 15) is 14.9 Å². The number of nitro groups is 1. The Hall–Kier alpha value is -4.27. The Morgan fingerprint density at radius 2 is 1.86 bits per heavy atom. The number of carbonyl (C=O) groups excluding carboxylic acids is 1. The molecular weight excluding hydrogens is 591 g/mol. The maximum atomic E-state index is 13.1. The fourth-order valence-electron chi connectivity index (χ4n) is 4.83. The number of urea groups is 1. The van der Waals surface area contributed by atoms with Gasteiger partial charge in [0.2, 0.25) is 0 Å². The zero-order valence-electron chi connectivity index (χ0n) is 23.2. The van der Waals surface area contributed by atoms with Crippen molar-refractivity contribution in [2.75, 3.05) is 75.0 Å². The van der Waals surface area contributed by atoms with Gasteiger partial charge in [-0.15, -0.1) is 0 Å². The molecule has 0 aliphatic carbocycles. The highest BCUT2D eigenvalue weighted by atomic mass is 35.5. The van der Waals surface area contributed by atoms with Gasteiger partial charge in [-0.3, -0.25) is 15.0 Å². The molecule has 2 aliphatic rings. The summed E-state index contributed by atoms with van der Waals surface area (Å²) in [5.74, 6) is 1.45. The van der Waals surface area contributed by atoms with Crippen molar-refractivity contribution in [1.29, 1.82) is 0 Å². The maximum absolute atomic E-state index is 13.1. The highest BCUT2D eigenvalue weighted by molar-refractivity contribution is 6.41. The molecule has 0 saturated carbocycles. The molecule has 1 saturated heterocycles. The van der Waals surface area contributed by atoms with Crippen LogP contribution in [0.15, 0.2) is 30.6 Å². The number of methoxy groups -OCH3 is 2. The number of piperazine rings is 1. The standard InChI is InChI=1S/C26H28Cl2N8O6/c1-33-5-6-35-14(11-33)12-42-18-7-15(16(36(38)39)8-17(18)35)31-21-10-22(30-13-29-21)34(2)26(37)32-25-23(27)19(40-3)9-20(41-4)24(25)28/h7-10,13-14H,5-6,11-12H2,1-4H3,(H,32,37)(H,29,30,31)/t14-/m0/s1. The molecule has 5 rings (SSSR count). The van der Waals surface area contributed by atoms with E-state index in [1.54, 1.807) is 6.07 Å². The predicted octanol–water partition coefficient (Wildman–Crippen LogP) is 4.63. The van der Waals surface area contributed by atoms with Crippen LogP contribution < -0.4 is 34.6 Å². The average Bonchev–Trinajstić information content (AvgIpc) is 2.98. The predicted molar refractivity (Wildman–Crippen MR) is 160 cm³/mol. The van der Waals surface area contributed by atoms with Crippen LogP contribution in [0.4, 0.5) is 39.2 Å². The number of ether oxygens (including phenoxy) is 3. The molecule has 2 N–H and O–H groups in total. The summed E-state index contributed by atoms with van der Waals surface area (Å²) in [4.78, 5) is 38.7. The van der Waals surface area contributed by atoms with E-state index in [2.05, 4.69) is 30.4 Å². The van der Waals surface area contributed by atoms with E-state index in [4.69, 9.17) is 37.4 Å². The zero-order valence-corrected chi connectivity index (χ0v) is 24.7. The summed E-state index contributed by atoms with van der Waals surface area (Å²) in [5.41, 5.74) is 0.818. The first-order chi connectivity index (χ1) is 20.1. The molecule has 0 spiro atoms. The van der Waals surface area contributed by atoms with Crippen LogP contribution in [0.3, 0.4) is 0 Å². The van der Waals surface area contributed by atoms with Crippen molar-refractivity contribution >= 4 is 63.6 Å². The smallest absolute Gasteiger partial charge is 0.327 e. The minimum atomic E-state index is -0.631. The van der Waals surface area contributed by atoms with E-state index in [0.717, 1.165) is 19.6 Å². The number of carbonyl (C=O) groups is 1. The summed E-state index contributed by atoms with van der Waals surface area (Å²) >= 11 is 12.8. The number of benzene rings is 2. The Kier molecular flexibility index (Phi) is 8.29. The number of nitrogens with one attached hydrogen (secondary N) is 2. The van der Waals surface area contributed by atoms with E-state index in [1.165, 1.54) is 50.7 Å². The number of fused-ring (bicyclic) bond motifs is 3. The number of amides is 2. The molecule has 1 aromatic heterocycles. The van der Waals surface area contributed by atoms with E-state index in [1.807, 2.05) is 7.05 Å². The average molecular weight is 619 g/mol. The number of rotatable bonds is 7. The van der Waals surface area contributed by atoms with Crippen molar-refractivity contribution in [3.63, 3.8) is 0 Å². The first-order valence-corrected chi connectivity index (χ1v) is 13.5. The number of nitro benzene ring substituents is 1. The largest absolute Gasteiger partial charge is 0.495 e. The van der Waals surface area contributed by atoms with Crippen LogP contribution in [0.1, 0.15) is 0 Å². The van der Waals surface area contributed by atoms with Crippen LogP contribution in [0.25, 0.3) is 0 Å². The molecule has 2 amide bonds. The molecule has 42 heavy (non-hydrogen) atoms. The first kappa shape index (κ1) is 29.2. The minimum Gasteiger partial charge on any atom is -0.495 e. The Morgan fingerprint density at radius 1 is 1.14 bits per heavy atom. The Bertz CT molecular complexity index is 1510. The van der Waals surface area contributed by atoms with Gasteiger partial charge in [-0.25, -0.2) is 14.8 Å². The van der Waals surface area contributed by atoms with Crippen LogP contribution >= 0.6 is 23.2 Å². The molecule has 3 heterocycles. The van der Waals surface area contributed by atoms with Gasteiger partial charge in [-0.05, 0) is 7.05 Å². The van der Waals surface area contributed by atoms with Crippen molar-refractivity contribution < 1.29 is 23.9 Å². The van der Waals surface area contributed by atoms with Crippen LogP contribution in [0.2, 0.25) is 10.0 Å². The third-order valence-electron chi connectivity index (χ3n) is 7.07. The minimum absolute atomic E-state index is 0.0833.